The van der Waals surface area contributed by atoms with Crippen LogP contribution in [0.1, 0.15) is 28.8 Å². The van der Waals surface area contributed by atoms with Crippen LogP contribution in [-0.2, 0) is 11.3 Å². The lowest BCUT2D eigenvalue weighted by atomic mass is 10.0. The molecule has 1 saturated heterocycles. The van der Waals surface area contributed by atoms with Gasteiger partial charge in [0.2, 0.25) is 5.91 Å². The molecule has 0 atom stereocenters. The molecule has 2 amide bonds. The van der Waals surface area contributed by atoms with Crippen LogP contribution in [0, 0.1) is 0 Å². The number of para-hydroxylation sites is 1. The van der Waals surface area contributed by atoms with E-state index in [4.69, 9.17) is 4.74 Å². The molecule has 0 unspecified atom stereocenters. The van der Waals surface area contributed by atoms with Crippen LogP contribution in [0.15, 0.2) is 78.9 Å². The van der Waals surface area contributed by atoms with Crippen molar-refractivity contribution in [2.75, 3.05) is 26.7 Å². The molecule has 2 N–H and O–H groups in total. The monoisotopic (exact) mass is 457 g/mol. The highest BCUT2D eigenvalue weighted by Crippen LogP contribution is 2.22. The van der Waals surface area contributed by atoms with Crippen LogP contribution in [0.2, 0.25) is 0 Å². The molecule has 1 aliphatic heterocycles. The molecule has 3 aromatic carbocycles. The standard InChI is InChI=1S/C28H31N3O3/c1-34-26-10-6-5-9-24(26)20-31-17-15-25(16-18-31)30-27(32)19-29-28(33)23-13-11-22(12-14-23)21-7-3-2-4-8-21/h2-14,25H,15-20H2,1H3,(H,29,33)(H,30,32). The Morgan fingerprint density at radius 1 is 0.882 bits per heavy atom. The highest BCUT2D eigenvalue weighted by atomic mass is 16.5. The zero-order valence-electron chi connectivity index (χ0n) is 19.5. The molecule has 0 bridgehead atoms. The normalized spacial score (nSPS) is 14.4. The summed E-state index contributed by atoms with van der Waals surface area (Å²) in [5.41, 5.74) is 3.86. The summed E-state index contributed by atoms with van der Waals surface area (Å²) in [5.74, 6) is 0.502. The van der Waals surface area contributed by atoms with Gasteiger partial charge in [0.05, 0.1) is 13.7 Å². The quantitative estimate of drug-likeness (QED) is 0.539. The molecular formula is C28H31N3O3. The zero-order chi connectivity index (χ0) is 23.8. The minimum absolute atomic E-state index is 0.0271. The average molecular weight is 458 g/mol. The molecule has 4 rings (SSSR count). The van der Waals surface area contributed by atoms with Gasteiger partial charge in [-0.2, -0.15) is 0 Å². The van der Waals surface area contributed by atoms with Crippen molar-refractivity contribution in [3.63, 3.8) is 0 Å². The molecule has 1 fully saturated rings. The van der Waals surface area contributed by atoms with Crippen LogP contribution in [0.5, 0.6) is 5.75 Å². The van der Waals surface area contributed by atoms with Crippen molar-refractivity contribution in [2.24, 2.45) is 0 Å². The van der Waals surface area contributed by atoms with Gasteiger partial charge in [0, 0.05) is 36.8 Å². The van der Waals surface area contributed by atoms with Gasteiger partial charge in [0.15, 0.2) is 0 Å². The first-order valence-electron chi connectivity index (χ1n) is 11.7. The average Bonchev–Trinajstić information content (AvgIpc) is 2.89. The number of piperidine rings is 1. The van der Waals surface area contributed by atoms with Gasteiger partial charge in [0.1, 0.15) is 5.75 Å². The van der Waals surface area contributed by atoms with E-state index in [0.29, 0.717) is 5.56 Å². The van der Waals surface area contributed by atoms with E-state index >= 15 is 0 Å². The summed E-state index contributed by atoms with van der Waals surface area (Å²) in [4.78, 5) is 27.2. The molecule has 0 spiro atoms. The minimum atomic E-state index is -0.249. The van der Waals surface area contributed by atoms with E-state index < -0.39 is 0 Å². The number of nitrogens with one attached hydrogen (secondary N) is 2. The van der Waals surface area contributed by atoms with Crippen LogP contribution in [0.4, 0.5) is 0 Å². The number of methoxy groups -OCH3 is 1. The molecule has 1 heterocycles. The van der Waals surface area contributed by atoms with E-state index in [1.54, 1.807) is 19.2 Å². The largest absolute Gasteiger partial charge is 0.496 e. The second-order valence-electron chi connectivity index (χ2n) is 8.56. The molecule has 0 aliphatic carbocycles. The van der Waals surface area contributed by atoms with Gasteiger partial charge < -0.3 is 15.4 Å². The lowest BCUT2D eigenvalue weighted by Crippen LogP contribution is -2.47. The van der Waals surface area contributed by atoms with E-state index in [9.17, 15) is 9.59 Å². The third kappa shape index (κ3) is 6.23. The van der Waals surface area contributed by atoms with Gasteiger partial charge in [-0.15, -0.1) is 0 Å². The van der Waals surface area contributed by atoms with Crippen molar-refractivity contribution in [1.82, 2.24) is 15.5 Å². The zero-order valence-corrected chi connectivity index (χ0v) is 19.5. The van der Waals surface area contributed by atoms with Gasteiger partial charge in [-0.1, -0.05) is 60.7 Å². The highest BCUT2D eigenvalue weighted by Gasteiger charge is 2.21. The molecule has 6 heteroatoms. The second-order valence-corrected chi connectivity index (χ2v) is 8.56. The Hall–Kier alpha value is -3.64. The van der Waals surface area contributed by atoms with Crippen molar-refractivity contribution < 1.29 is 14.3 Å². The van der Waals surface area contributed by atoms with E-state index in [0.717, 1.165) is 49.4 Å². The molecule has 6 nitrogen and oxygen atoms in total. The fourth-order valence-electron chi connectivity index (χ4n) is 4.30. The number of benzene rings is 3. The first kappa shape index (κ1) is 23.5. The predicted octanol–water partition coefficient (Wildman–Crippen LogP) is 3.87. The SMILES string of the molecule is COc1ccccc1CN1CCC(NC(=O)CNC(=O)c2ccc(-c3ccccc3)cc2)CC1. The molecule has 0 aromatic heterocycles. The number of rotatable bonds is 8. The van der Waals surface area contributed by atoms with Crippen LogP contribution in [-0.4, -0.2) is 49.5 Å². The third-order valence-corrected chi connectivity index (χ3v) is 6.20. The maximum Gasteiger partial charge on any atom is 0.251 e. The van der Waals surface area contributed by atoms with Gasteiger partial charge in [-0.3, -0.25) is 14.5 Å². The first-order valence-corrected chi connectivity index (χ1v) is 11.7. The van der Waals surface area contributed by atoms with Crippen LogP contribution < -0.4 is 15.4 Å². The number of carbonyl (C=O) groups is 2. The summed E-state index contributed by atoms with van der Waals surface area (Å²) < 4.78 is 5.45. The first-order chi connectivity index (χ1) is 16.6. The van der Waals surface area contributed by atoms with Gasteiger partial charge in [0.25, 0.3) is 5.91 Å². The number of hydrogen-bond donors (Lipinski definition) is 2. The van der Waals surface area contributed by atoms with Crippen molar-refractivity contribution in [3.8, 4) is 16.9 Å². The third-order valence-electron chi connectivity index (χ3n) is 6.20. The Morgan fingerprint density at radius 2 is 1.53 bits per heavy atom. The molecule has 0 saturated carbocycles. The van der Waals surface area contributed by atoms with Crippen molar-refractivity contribution in [3.05, 3.63) is 90.0 Å². The fraction of sp³-hybridized carbons (Fsp3) is 0.286. The smallest absolute Gasteiger partial charge is 0.251 e. The summed E-state index contributed by atoms with van der Waals surface area (Å²) in [6.45, 7) is 2.62. The lowest BCUT2D eigenvalue weighted by molar-refractivity contribution is -0.121. The van der Waals surface area contributed by atoms with Crippen LogP contribution in [0.25, 0.3) is 11.1 Å². The van der Waals surface area contributed by atoms with Gasteiger partial charge >= 0.3 is 0 Å². The molecule has 176 valence electrons. The summed E-state index contributed by atoms with van der Waals surface area (Å²) in [7, 11) is 1.69. The topological polar surface area (TPSA) is 70.7 Å². The Labute approximate surface area is 200 Å². The van der Waals surface area contributed by atoms with Crippen molar-refractivity contribution in [2.45, 2.75) is 25.4 Å². The number of ether oxygens (including phenoxy) is 1. The van der Waals surface area contributed by atoms with Gasteiger partial charge in [-0.05, 0) is 42.2 Å². The Balaban J connectivity index is 1.19. The molecular weight excluding hydrogens is 426 g/mol. The van der Waals surface area contributed by atoms with E-state index in [-0.39, 0.29) is 24.4 Å². The van der Waals surface area contributed by atoms with Crippen molar-refractivity contribution >= 4 is 11.8 Å². The van der Waals surface area contributed by atoms with Crippen LogP contribution in [0.3, 0.4) is 0 Å². The Bertz CT molecular complexity index is 1090. The molecule has 34 heavy (non-hydrogen) atoms. The number of nitrogens with zero attached hydrogens (tertiary/aromatic N) is 1. The maximum atomic E-state index is 12.4. The summed E-state index contributed by atoms with van der Waals surface area (Å²) in [6, 6.07) is 25.6. The summed E-state index contributed by atoms with van der Waals surface area (Å²) in [5, 5.41) is 5.78. The van der Waals surface area contributed by atoms with Crippen LogP contribution >= 0.6 is 0 Å². The highest BCUT2D eigenvalue weighted by molar-refractivity contribution is 5.96. The molecule has 0 radical (unpaired) electrons. The van der Waals surface area contributed by atoms with Gasteiger partial charge in [-0.25, -0.2) is 0 Å². The fourth-order valence-corrected chi connectivity index (χ4v) is 4.30. The molecule has 3 aromatic rings. The molecule has 1 aliphatic rings. The number of carbonyl (C=O) groups excluding carboxylic acids is 2. The second kappa shape index (κ2) is 11.5. The van der Waals surface area contributed by atoms with E-state index in [1.807, 2.05) is 60.7 Å². The van der Waals surface area contributed by atoms with E-state index in [2.05, 4.69) is 21.6 Å². The summed E-state index contributed by atoms with van der Waals surface area (Å²) >= 11 is 0. The Kier molecular flexibility index (Phi) is 7.94. The number of amides is 2. The number of likely N-dealkylation sites (tertiary alicyclic amines) is 1. The Morgan fingerprint density at radius 3 is 2.24 bits per heavy atom. The maximum absolute atomic E-state index is 12.4. The summed E-state index contributed by atoms with van der Waals surface area (Å²) in [6.07, 6.45) is 1.77. The van der Waals surface area contributed by atoms with E-state index in [1.165, 1.54) is 5.56 Å². The minimum Gasteiger partial charge on any atom is -0.496 e. The number of hydrogen-bond acceptors (Lipinski definition) is 4. The predicted molar refractivity (Wildman–Crippen MR) is 134 cm³/mol. The lowest BCUT2D eigenvalue weighted by Gasteiger charge is -2.32. The van der Waals surface area contributed by atoms with Crippen molar-refractivity contribution in [1.29, 1.82) is 0 Å².